The first-order valence-corrected chi connectivity index (χ1v) is 7.60. The Hall–Kier alpha value is -2.76. The molecule has 0 atom stereocenters. The topological polar surface area (TPSA) is 80.0 Å². The summed E-state index contributed by atoms with van der Waals surface area (Å²) in [6.45, 7) is 2.21. The molecule has 0 saturated carbocycles. The second-order valence-corrected chi connectivity index (χ2v) is 5.58. The lowest BCUT2D eigenvalue weighted by atomic mass is 10.1. The van der Waals surface area contributed by atoms with Gasteiger partial charge in [-0.15, -0.1) is 0 Å². The van der Waals surface area contributed by atoms with Crippen LogP contribution in [-0.4, -0.2) is 42.6 Å². The number of carbonyl (C=O) groups excluding carboxylic acids is 1. The highest BCUT2D eigenvalue weighted by molar-refractivity contribution is 5.97. The quantitative estimate of drug-likeness (QED) is 0.843. The lowest BCUT2D eigenvalue weighted by Gasteiger charge is -2.18. The third kappa shape index (κ3) is 3.95. The van der Waals surface area contributed by atoms with Crippen LogP contribution < -0.4 is 4.74 Å². The minimum atomic E-state index is -1.03. The van der Waals surface area contributed by atoms with E-state index in [1.807, 2.05) is 24.3 Å². The standard InChI is InChI=1S/C18H21NO5/c1-12-11-24-15(10-16(20)21)17(12)18(22)19(2)9-8-13-6-4-5-7-14(13)23-3/h4-7,11H,8-10H2,1-3H3,(H,20,21). The number of hydrogen-bond donors (Lipinski definition) is 1. The van der Waals surface area contributed by atoms with Crippen LogP contribution in [0.5, 0.6) is 5.75 Å². The Balaban J connectivity index is 2.10. The fourth-order valence-corrected chi connectivity index (χ4v) is 2.54. The van der Waals surface area contributed by atoms with E-state index in [2.05, 4.69) is 0 Å². The first kappa shape index (κ1) is 17.6. The number of nitrogens with zero attached hydrogens (tertiary/aromatic N) is 1. The molecule has 1 N–H and O–H groups in total. The molecule has 6 heteroatoms. The Labute approximate surface area is 140 Å². The first-order valence-electron chi connectivity index (χ1n) is 7.60. The molecule has 0 aliphatic heterocycles. The normalized spacial score (nSPS) is 10.5. The van der Waals surface area contributed by atoms with Gasteiger partial charge in [-0.2, -0.15) is 0 Å². The summed E-state index contributed by atoms with van der Waals surface area (Å²) in [7, 11) is 3.30. The van der Waals surface area contributed by atoms with Gasteiger partial charge in [0.1, 0.15) is 17.9 Å². The van der Waals surface area contributed by atoms with Crippen LogP contribution in [0.15, 0.2) is 34.9 Å². The average Bonchev–Trinajstić information content (AvgIpc) is 2.91. The maximum atomic E-state index is 12.6. The third-order valence-electron chi connectivity index (χ3n) is 3.83. The van der Waals surface area contributed by atoms with Crippen LogP contribution in [0.4, 0.5) is 0 Å². The smallest absolute Gasteiger partial charge is 0.311 e. The molecule has 2 rings (SSSR count). The lowest BCUT2D eigenvalue weighted by Crippen LogP contribution is -2.30. The molecule has 0 bridgehead atoms. The van der Waals surface area contributed by atoms with Crippen molar-refractivity contribution in [1.82, 2.24) is 4.90 Å². The number of para-hydroxylation sites is 1. The number of furan rings is 1. The van der Waals surface area contributed by atoms with Crippen molar-refractivity contribution in [2.75, 3.05) is 20.7 Å². The van der Waals surface area contributed by atoms with Crippen molar-refractivity contribution in [2.45, 2.75) is 19.8 Å². The number of carbonyl (C=O) groups is 2. The molecule has 6 nitrogen and oxygen atoms in total. The summed E-state index contributed by atoms with van der Waals surface area (Å²) in [6.07, 6.45) is 1.74. The zero-order chi connectivity index (χ0) is 17.7. The molecule has 1 amide bonds. The van der Waals surface area contributed by atoms with Crippen LogP contribution in [0.3, 0.4) is 0 Å². The number of methoxy groups -OCH3 is 1. The van der Waals surface area contributed by atoms with E-state index in [0.717, 1.165) is 11.3 Å². The van der Waals surface area contributed by atoms with Crippen LogP contribution in [0.25, 0.3) is 0 Å². The number of carboxylic acid groups (broad SMARTS) is 1. The van der Waals surface area contributed by atoms with Gasteiger partial charge in [0.25, 0.3) is 5.91 Å². The van der Waals surface area contributed by atoms with Crippen molar-refractivity contribution in [3.63, 3.8) is 0 Å². The van der Waals surface area contributed by atoms with Crippen LogP contribution >= 0.6 is 0 Å². The molecular formula is C18H21NO5. The molecule has 0 aliphatic carbocycles. The summed E-state index contributed by atoms with van der Waals surface area (Å²) >= 11 is 0. The maximum absolute atomic E-state index is 12.6. The Morgan fingerprint density at radius 1 is 1.29 bits per heavy atom. The van der Waals surface area contributed by atoms with E-state index in [0.29, 0.717) is 24.1 Å². The highest BCUT2D eigenvalue weighted by atomic mass is 16.5. The molecule has 1 heterocycles. The highest BCUT2D eigenvalue weighted by Crippen LogP contribution is 2.21. The monoisotopic (exact) mass is 331 g/mol. The predicted octanol–water partition coefficient (Wildman–Crippen LogP) is 2.54. The molecule has 0 radical (unpaired) electrons. The number of amides is 1. The zero-order valence-corrected chi connectivity index (χ0v) is 14.0. The van der Waals surface area contributed by atoms with Crippen molar-refractivity contribution in [3.8, 4) is 5.75 Å². The van der Waals surface area contributed by atoms with Crippen LogP contribution in [0.2, 0.25) is 0 Å². The van der Waals surface area contributed by atoms with Crippen LogP contribution in [-0.2, 0) is 17.6 Å². The van der Waals surface area contributed by atoms with Gasteiger partial charge in [0.05, 0.1) is 18.9 Å². The fourth-order valence-electron chi connectivity index (χ4n) is 2.54. The number of carboxylic acids is 1. The molecule has 0 unspecified atom stereocenters. The van der Waals surface area contributed by atoms with E-state index in [1.165, 1.54) is 6.26 Å². The SMILES string of the molecule is COc1ccccc1CCN(C)C(=O)c1c(C)coc1CC(=O)O. The fraction of sp³-hybridized carbons (Fsp3) is 0.333. The number of rotatable bonds is 7. The van der Waals surface area contributed by atoms with Gasteiger partial charge in [-0.3, -0.25) is 9.59 Å². The van der Waals surface area contributed by atoms with Gasteiger partial charge in [0.2, 0.25) is 0 Å². The zero-order valence-electron chi connectivity index (χ0n) is 14.0. The number of aryl methyl sites for hydroxylation is 1. The minimum Gasteiger partial charge on any atom is -0.496 e. The Morgan fingerprint density at radius 2 is 2.00 bits per heavy atom. The summed E-state index contributed by atoms with van der Waals surface area (Å²) < 4.78 is 10.5. The van der Waals surface area contributed by atoms with Gasteiger partial charge in [-0.25, -0.2) is 0 Å². The van der Waals surface area contributed by atoms with E-state index in [1.54, 1.807) is 26.0 Å². The number of benzene rings is 1. The molecule has 1 aromatic carbocycles. The highest BCUT2D eigenvalue weighted by Gasteiger charge is 2.23. The molecular weight excluding hydrogens is 310 g/mol. The van der Waals surface area contributed by atoms with E-state index < -0.39 is 5.97 Å². The van der Waals surface area contributed by atoms with Gasteiger partial charge in [-0.1, -0.05) is 18.2 Å². The van der Waals surface area contributed by atoms with Gasteiger partial charge in [0.15, 0.2) is 0 Å². The summed E-state index contributed by atoms with van der Waals surface area (Å²) in [5, 5.41) is 8.93. The number of likely N-dealkylation sites (N-methyl/N-ethyl adjacent to an activating group) is 1. The molecule has 128 valence electrons. The van der Waals surface area contributed by atoms with Gasteiger partial charge >= 0.3 is 5.97 Å². The molecule has 0 aliphatic rings. The summed E-state index contributed by atoms with van der Waals surface area (Å²) in [5.74, 6) is -0.305. The second-order valence-electron chi connectivity index (χ2n) is 5.58. The predicted molar refractivity (Wildman–Crippen MR) is 88.4 cm³/mol. The molecule has 24 heavy (non-hydrogen) atoms. The number of hydrogen-bond acceptors (Lipinski definition) is 4. The van der Waals surface area contributed by atoms with Crippen molar-refractivity contribution in [1.29, 1.82) is 0 Å². The summed E-state index contributed by atoms with van der Waals surface area (Å²) in [4.78, 5) is 25.1. The lowest BCUT2D eigenvalue weighted by molar-refractivity contribution is -0.136. The molecule has 0 spiro atoms. The van der Waals surface area contributed by atoms with Gasteiger partial charge in [0, 0.05) is 19.2 Å². The molecule has 0 fully saturated rings. The van der Waals surface area contributed by atoms with Crippen molar-refractivity contribution in [3.05, 3.63) is 53.0 Å². The average molecular weight is 331 g/mol. The van der Waals surface area contributed by atoms with E-state index >= 15 is 0 Å². The Kier molecular flexibility index (Phi) is 5.63. The summed E-state index contributed by atoms with van der Waals surface area (Å²) in [5.41, 5.74) is 1.98. The van der Waals surface area contributed by atoms with Crippen molar-refractivity contribution < 1.29 is 23.8 Å². The maximum Gasteiger partial charge on any atom is 0.311 e. The van der Waals surface area contributed by atoms with Crippen LogP contribution in [0, 0.1) is 6.92 Å². The first-order chi connectivity index (χ1) is 11.4. The van der Waals surface area contributed by atoms with Crippen molar-refractivity contribution in [2.24, 2.45) is 0 Å². The van der Waals surface area contributed by atoms with E-state index in [9.17, 15) is 9.59 Å². The number of ether oxygens (including phenoxy) is 1. The molecule has 0 saturated heterocycles. The molecule has 2 aromatic rings. The van der Waals surface area contributed by atoms with E-state index in [4.69, 9.17) is 14.3 Å². The number of aliphatic carboxylic acids is 1. The van der Waals surface area contributed by atoms with Crippen LogP contribution in [0.1, 0.15) is 27.2 Å². The van der Waals surface area contributed by atoms with Gasteiger partial charge < -0.3 is 19.2 Å². The minimum absolute atomic E-state index is 0.189. The van der Waals surface area contributed by atoms with E-state index in [-0.39, 0.29) is 18.1 Å². The van der Waals surface area contributed by atoms with Crippen molar-refractivity contribution >= 4 is 11.9 Å². The van der Waals surface area contributed by atoms with Gasteiger partial charge in [-0.05, 0) is 25.0 Å². The molecule has 1 aromatic heterocycles. The second kappa shape index (κ2) is 7.68. The largest absolute Gasteiger partial charge is 0.496 e. The Bertz CT molecular complexity index is 735. The third-order valence-corrected chi connectivity index (χ3v) is 3.83. The summed E-state index contributed by atoms with van der Waals surface area (Å²) in [6, 6.07) is 7.65. The Morgan fingerprint density at radius 3 is 2.67 bits per heavy atom.